The van der Waals surface area contributed by atoms with Gasteiger partial charge in [0.2, 0.25) is 11.8 Å². The van der Waals surface area contributed by atoms with Crippen LogP contribution in [0.15, 0.2) is 65.6 Å². The van der Waals surface area contributed by atoms with Crippen molar-refractivity contribution in [1.82, 2.24) is 20.0 Å². The minimum absolute atomic E-state index is 0.00566. The summed E-state index contributed by atoms with van der Waals surface area (Å²) in [7, 11) is 3.02. The van der Waals surface area contributed by atoms with Gasteiger partial charge >= 0.3 is 5.97 Å². The summed E-state index contributed by atoms with van der Waals surface area (Å²) in [6.45, 7) is 0. The molecule has 3 fully saturated rings. The van der Waals surface area contributed by atoms with Gasteiger partial charge in [-0.25, -0.2) is 9.48 Å². The zero-order chi connectivity index (χ0) is 30.5. The minimum Gasteiger partial charge on any atom is -0.494 e. The van der Waals surface area contributed by atoms with Crippen molar-refractivity contribution < 1.29 is 24.2 Å². The smallest absolute Gasteiger partial charge is 0.326 e. The van der Waals surface area contributed by atoms with E-state index in [1.54, 1.807) is 36.2 Å². The van der Waals surface area contributed by atoms with Gasteiger partial charge in [-0.15, -0.1) is 0 Å². The van der Waals surface area contributed by atoms with Crippen LogP contribution in [0, 0.1) is 5.92 Å². The Morgan fingerprint density at radius 1 is 1.02 bits per heavy atom. The molecule has 10 nitrogen and oxygen atoms in total. The van der Waals surface area contributed by atoms with Crippen molar-refractivity contribution >= 4 is 17.8 Å². The fourth-order valence-electron chi connectivity index (χ4n) is 6.53. The van der Waals surface area contributed by atoms with Crippen molar-refractivity contribution in [2.75, 3.05) is 7.11 Å². The highest BCUT2D eigenvalue weighted by Gasteiger charge is 2.46. The Kier molecular flexibility index (Phi) is 9.23. The van der Waals surface area contributed by atoms with E-state index in [1.807, 2.05) is 30.3 Å². The molecule has 0 radical (unpaired) electrons. The van der Waals surface area contributed by atoms with E-state index in [4.69, 9.17) is 4.74 Å². The number of carboxylic acid groups (broad SMARTS) is 1. The lowest BCUT2D eigenvalue weighted by molar-refractivity contribution is -0.150. The number of nitrogens with one attached hydrogen (secondary N) is 1. The molecule has 6 rings (SSSR count). The highest BCUT2D eigenvalue weighted by molar-refractivity contribution is 5.91. The van der Waals surface area contributed by atoms with Crippen LogP contribution in [0.2, 0.25) is 0 Å². The van der Waals surface area contributed by atoms with Gasteiger partial charge in [-0.2, -0.15) is 5.10 Å². The maximum atomic E-state index is 13.8. The van der Waals surface area contributed by atoms with Gasteiger partial charge in [0.05, 0.1) is 18.9 Å². The molecule has 3 aliphatic rings. The zero-order valence-corrected chi connectivity index (χ0v) is 24.6. The molecule has 0 spiro atoms. The molecule has 2 saturated heterocycles. The fraction of sp³-hybridized carbons (Fsp3) is 0.424. The Labute approximate surface area is 250 Å². The molecule has 3 heterocycles. The predicted octanol–water partition coefficient (Wildman–Crippen LogP) is 3.36. The zero-order valence-electron chi connectivity index (χ0n) is 24.6. The van der Waals surface area contributed by atoms with Crippen LogP contribution < -0.4 is 15.6 Å². The van der Waals surface area contributed by atoms with E-state index >= 15 is 0 Å². The number of ether oxygens (including phenoxy) is 1. The molecule has 4 atom stereocenters. The molecule has 2 aromatic carbocycles. The Balaban J connectivity index is 1.31. The van der Waals surface area contributed by atoms with Gasteiger partial charge in [0.15, 0.2) is 5.75 Å². The molecule has 1 saturated carbocycles. The van der Waals surface area contributed by atoms with E-state index in [1.165, 1.54) is 18.0 Å². The van der Waals surface area contributed by atoms with Gasteiger partial charge < -0.3 is 20.1 Å². The molecule has 2 aliphatic heterocycles. The summed E-state index contributed by atoms with van der Waals surface area (Å²) < 4.78 is 6.55. The lowest BCUT2D eigenvalue weighted by atomic mass is 9.85. The number of rotatable bonds is 10. The molecule has 1 aromatic heterocycles. The van der Waals surface area contributed by atoms with Gasteiger partial charge in [0, 0.05) is 25.9 Å². The van der Waals surface area contributed by atoms with E-state index in [0.717, 1.165) is 37.7 Å². The third-order valence-electron chi connectivity index (χ3n) is 8.77. The van der Waals surface area contributed by atoms with Crippen LogP contribution in [0.1, 0.15) is 49.7 Å². The number of hydrogen-bond acceptors (Lipinski definition) is 6. The number of carbonyl (C=O) groups is 3. The molecule has 2 amide bonds. The van der Waals surface area contributed by atoms with Crippen LogP contribution in [0.25, 0.3) is 11.1 Å². The normalized spacial score (nSPS) is 20.2. The first kappa shape index (κ1) is 30.0. The van der Waals surface area contributed by atoms with E-state index in [9.17, 15) is 24.3 Å². The van der Waals surface area contributed by atoms with E-state index in [0.29, 0.717) is 35.3 Å². The first-order valence-electron chi connectivity index (χ1n) is 14.8. The van der Waals surface area contributed by atoms with Crippen LogP contribution in [0.3, 0.4) is 0 Å². The third kappa shape index (κ3) is 6.63. The fourth-order valence-corrected chi connectivity index (χ4v) is 6.53. The van der Waals surface area contributed by atoms with Crippen LogP contribution in [0.4, 0.5) is 0 Å². The molecule has 1 aliphatic carbocycles. The Hall–Kier alpha value is -4.47. The van der Waals surface area contributed by atoms with E-state index in [-0.39, 0.29) is 29.8 Å². The summed E-state index contributed by atoms with van der Waals surface area (Å²) in [5.74, 6) is -1.26. The number of aromatic nitrogens is 2. The first-order valence-corrected chi connectivity index (χ1v) is 14.8. The monoisotopic (exact) mass is 586 g/mol. The molecule has 2 bridgehead atoms. The molecule has 2 N–H and O–H groups in total. The van der Waals surface area contributed by atoms with Crippen molar-refractivity contribution in [3.05, 3.63) is 82.3 Å². The molecule has 43 heavy (non-hydrogen) atoms. The van der Waals surface area contributed by atoms with Crippen molar-refractivity contribution in [3.8, 4) is 16.9 Å². The lowest BCUT2D eigenvalue weighted by Crippen LogP contribution is -2.60. The second-order valence-electron chi connectivity index (χ2n) is 11.5. The molecular weight excluding hydrogens is 548 g/mol. The highest BCUT2D eigenvalue weighted by atomic mass is 16.5. The van der Waals surface area contributed by atoms with Crippen LogP contribution in [-0.2, 0) is 34.3 Å². The maximum Gasteiger partial charge on any atom is 0.326 e. The highest BCUT2D eigenvalue weighted by Crippen LogP contribution is 2.38. The molecule has 3 aromatic rings. The number of piperidine rings is 1. The molecule has 2 unspecified atom stereocenters. The number of fused-ring (bicyclic) bond motifs is 4. The molecule has 10 heteroatoms. The number of amides is 2. The van der Waals surface area contributed by atoms with Crippen LogP contribution in [-0.4, -0.2) is 62.8 Å². The summed E-state index contributed by atoms with van der Waals surface area (Å²) in [6, 6.07) is 14.9. The second kappa shape index (κ2) is 13.2. The topological polar surface area (TPSA) is 131 Å². The summed E-state index contributed by atoms with van der Waals surface area (Å²) in [5.41, 5.74) is 2.40. The standard InChI is InChI=1S/C33H38N4O6/c1-36-32(40)29(27(43-2)20-34-36)23-14-11-22(12-15-23)19-26(33(41)42)35-31(39)30-24-9-6-10-25(17-16-24)37(30)28(38)18-13-21-7-4-3-5-8-21/h3-5,7-8,11-12,14-15,20,24-26,30H,6,9-10,13,16-19H2,1-2H3,(H,35,39)(H,41,42)/t24?,25?,26-,30-/m0/s1. The number of carboxylic acids is 1. The Morgan fingerprint density at radius 3 is 2.47 bits per heavy atom. The summed E-state index contributed by atoms with van der Waals surface area (Å²) in [4.78, 5) is 54.2. The Morgan fingerprint density at radius 2 is 1.77 bits per heavy atom. The van der Waals surface area contributed by atoms with Gasteiger partial charge in [0.1, 0.15) is 12.1 Å². The quantitative estimate of drug-likeness (QED) is 0.373. The third-order valence-corrected chi connectivity index (χ3v) is 8.77. The van der Waals surface area contributed by atoms with E-state index < -0.39 is 24.0 Å². The largest absolute Gasteiger partial charge is 0.494 e. The number of benzene rings is 2. The van der Waals surface area contributed by atoms with Gasteiger partial charge in [-0.1, -0.05) is 61.0 Å². The minimum atomic E-state index is -1.18. The number of aryl methyl sites for hydroxylation is 2. The molecule has 226 valence electrons. The Bertz CT molecular complexity index is 1520. The second-order valence-corrected chi connectivity index (χ2v) is 11.5. The van der Waals surface area contributed by atoms with Crippen molar-refractivity contribution in [2.24, 2.45) is 13.0 Å². The number of nitrogens with zero attached hydrogens (tertiary/aromatic N) is 3. The maximum absolute atomic E-state index is 13.8. The number of hydrogen-bond donors (Lipinski definition) is 2. The van der Waals surface area contributed by atoms with Crippen molar-refractivity contribution in [3.63, 3.8) is 0 Å². The number of carbonyl (C=O) groups excluding carboxylic acids is 2. The molecular formula is C33H38N4O6. The average Bonchev–Trinajstić information content (AvgIpc) is 3.36. The van der Waals surface area contributed by atoms with Gasteiger partial charge in [-0.05, 0) is 54.7 Å². The lowest BCUT2D eigenvalue weighted by Gasteiger charge is -2.43. The summed E-state index contributed by atoms with van der Waals surface area (Å²) in [6.07, 6.45) is 6.78. The number of aliphatic carboxylic acids is 1. The van der Waals surface area contributed by atoms with Gasteiger partial charge in [0.25, 0.3) is 5.56 Å². The summed E-state index contributed by atoms with van der Waals surface area (Å²) >= 11 is 0. The summed E-state index contributed by atoms with van der Waals surface area (Å²) in [5, 5.41) is 16.8. The SMILES string of the molecule is COc1cnn(C)c(=O)c1-c1ccc(C[C@H](NC(=O)[C@@H]2C3CCCC(CC3)N2C(=O)CCc2ccccc2)C(=O)O)cc1. The number of methoxy groups -OCH3 is 1. The van der Waals surface area contributed by atoms with Crippen LogP contribution in [0.5, 0.6) is 5.75 Å². The van der Waals surface area contributed by atoms with Crippen molar-refractivity contribution in [2.45, 2.75) is 69.5 Å². The predicted molar refractivity (Wildman–Crippen MR) is 160 cm³/mol. The van der Waals surface area contributed by atoms with Crippen LogP contribution >= 0.6 is 0 Å². The van der Waals surface area contributed by atoms with E-state index in [2.05, 4.69) is 10.4 Å². The average molecular weight is 587 g/mol. The van der Waals surface area contributed by atoms with Gasteiger partial charge in [-0.3, -0.25) is 14.4 Å². The first-order chi connectivity index (χ1) is 20.8. The van der Waals surface area contributed by atoms with Crippen molar-refractivity contribution in [1.29, 1.82) is 0 Å².